The number of hydrogen-bond acceptors (Lipinski definition) is 5. The maximum Gasteiger partial charge on any atom is 0.263 e. The molecule has 7 heteroatoms. The normalized spacial score (nSPS) is 12.5. The number of aromatic nitrogens is 3. The Labute approximate surface area is 151 Å². The zero-order valence-corrected chi connectivity index (χ0v) is 15.3. The topological polar surface area (TPSA) is 90.0 Å². The van der Waals surface area contributed by atoms with Gasteiger partial charge in [-0.2, -0.15) is 4.98 Å². The van der Waals surface area contributed by atoms with Gasteiger partial charge in [-0.05, 0) is 30.4 Å². The second-order valence-corrected chi connectivity index (χ2v) is 6.82. The van der Waals surface area contributed by atoms with Crippen LogP contribution in [0, 0.1) is 5.92 Å². The first-order valence-electron chi connectivity index (χ1n) is 8.59. The largest absolute Gasteiger partial charge is 0.340 e. The highest BCUT2D eigenvalue weighted by Crippen LogP contribution is 2.15. The van der Waals surface area contributed by atoms with E-state index in [0.29, 0.717) is 24.1 Å². The Balaban J connectivity index is 1.84. The lowest BCUT2D eigenvalue weighted by Gasteiger charge is -2.11. The number of carbonyl (C=O) groups is 1. The third-order valence-electron chi connectivity index (χ3n) is 4.17. The molecule has 0 spiro atoms. The van der Waals surface area contributed by atoms with Gasteiger partial charge in [-0.1, -0.05) is 37.2 Å². The molecule has 0 aliphatic rings. The summed E-state index contributed by atoms with van der Waals surface area (Å²) >= 11 is 0. The molecule has 1 aromatic carbocycles. The summed E-state index contributed by atoms with van der Waals surface area (Å²) in [7, 11) is 1.65. The van der Waals surface area contributed by atoms with E-state index in [9.17, 15) is 9.59 Å². The molecule has 136 valence electrons. The molecule has 3 aromatic rings. The maximum atomic E-state index is 12.6. The number of para-hydroxylation sites is 1. The summed E-state index contributed by atoms with van der Waals surface area (Å²) in [6.07, 6.45) is 0.704. The lowest BCUT2D eigenvalue weighted by Crippen LogP contribution is -2.33. The van der Waals surface area contributed by atoms with Crippen molar-refractivity contribution in [3.05, 3.63) is 58.0 Å². The third-order valence-corrected chi connectivity index (χ3v) is 4.17. The molecule has 7 nitrogen and oxygen atoms in total. The second-order valence-electron chi connectivity index (χ2n) is 6.82. The van der Waals surface area contributed by atoms with Gasteiger partial charge >= 0.3 is 0 Å². The van der Waals surface area contributed by atoms with Gasteiger partial charge in [0, 0.05) is 13.5 Å². The second kappa shape index (κ2) is 7.11. The molecule has 0 aliphatic carbocycles. The number of carbonyl (C=O) groups excluding carboxylic acids is 1. The van der Waals surface area contributed by atoms with Crippen LogP contribution in [0.2, 0.25) is 0 Å². The molecule has 1 N–H and O–H groups in total. The zero-order valence-electron chi connectivity index (χ0n) is 15.3. The molecule has 0 bridgehead atoms. The smallest absolute Gasteiger partial charge is 0.263 e. The van der Waals surface area contributed by atoms with Gasteiger partial charge < -0.3 is 14.4 Å². The van der Waals surface area contributed by atoms with Crippen molar-refractivity contribution in [2.45, 2.75) is 33.2 Å². The predicted octanol–water partition coefficient (Wildman–Crippen LogP) is 2.61. The van der Waals surface area contributed by atoms with E-state index in [1.807, 2.05) is 24.3 Å². The van der Waals surface area contributed by atoms with E-state index in [4.69, 9.17) is 4.52 Å². The molecule has 0 saturated carbocycles. The molecule has 1 atom stereocenters. The van der Waals surface area contributed by atoms with Gasteiger partial charge in [-0.25, -0.2) is 0 Å². The number of benzene rings is 1. The Morgan fingerprint density at radius 2 is 2.00 bits per heavy atom. The zero-order chi connectivity index (χ0) is 18.8. The van der Waals surface area contributed by atoms with Crippen LogP contribution in [0.4, 0.5) is 0 Å². The first-order chi connectivity index (χ1) is 12.4. The Kier molecular flexibility index (Phi) is 4.88. The Hall–Kier alpha value is -2.96. The fourth-order valence-corrected chi connectivity index (χ4v) is 2.81. The Bertz CT molecular complexity index is 1000. The molecule has 26 heavy (non-hydrogen) atoms. The van der Waals surface area contributed by atoms with Crippen LogP contribution in [0.3, 0.4) is 0 Å². The molecular formula is C19H22N4O3. The van der Waals surface area contributed by atoms with Crippen LogP contribution in [0.1, 0.15) is 48.9 Å². The van der Waals surface area contributed by atoms with Crippen LogP contribution in [0.5, 0.6) is 0 Å². The van der Waals surface area contributed by atoms with Gasteiger partial charge in [-0.15, -0.1) is 0 Å². The standard InChI is InChI=1S/C19H22N4O3/c1-11(2)9-16-21-18(26-22-16)12(3)20-17(24)14-10-13-7-5-6-8-15(13)23(4)19(14)25/h5-8,10-12H,9H2,1-4H3,(H,20,24)/t12-/m0/s1. The highest BCUT2D eigenvalue weighted by atomic mass is 16.5. The third kappa shape index (κ3) is 3.51. The minimum absolute atomic E-state index is 0.0833. The Morgan fingerprint density at radius 3 is 2.73 bits per heavy atom. The van der Waals surface area contributed by atoms with Gasteiger partial charge in [-0.3, -0.25) is 9.59 Å². The van der Waals surface area contributed by atoms with E-state index in [1.54, 1.807) is 20.0 Å². The summed E-state index contributed by atoms with van der Waals surface area (Å²) in [4.78, 5) is 29.4. The van der Waals surface area contributed by atoms with Crippen molar-refractivity contribution in [1.82, 2.24) is 20.0 Å². The van der Waals surface area contributed by atoms with Crippen molar-refractivity contribution in [2.75, 3.05) is 0 Å². The van der Waals surface area contributed by atoms with Crippen molar-refractivity contribution in [3.63, 3.8) is 0 Å². The molecule has 0 radical (unpaired) electrons. The van der Waals surface area contributed by atoms with E-state index in [1.165, 1.54) is 4.57 Å². The fraction of sp³-hybridized carbons (Fsp3) is 0.368. The van der Waals surface area contributed by atoms with Gasteiger partial charge in [0.15, 0.2) is 5.82 Å². The van der Waals surface area contributed by atoms with Crippen molar-refractivity contribution >= 4 is 16.8 Å². The molecule has 0 saturated heterocycles. The lowest BCUT2D eigenvalue weighted by molar-refractivity contribution is 0.0930. The SMILES string of the molecule is CC(C)Cc1noc([C@H](C)NC(=O)c2cc3ccccc3n(C)c2=O)n1. The van der Waals surface area contributed by atoms with Crippen LogP contribution in [0.25, 0.3) is 10.9 Å². The van der Waals surface area contributed by atoms with Crippen LogP contribution in [-0.4, -0.2) is 20.6 Å². The average molecular weight is 354 g/mol. The van der Waals surface area contributed by atoms with E-state index in [0.717, 1.165) is 10.9 Å². The first kappa shape index (κ1) is 17.8. The van der Waals surface area contributed by atoms with Gasteiger partial charge in [0.2, 0.25) is 5.89 Å². The van der Waals surface area contributed by atoms with E-state index in [2.05, 4.69) is 29.3 Å². The monoisotopic (exact) mass is 354 g/mol. The number of aryl methyl sites for hydroxylation is 1. The summed E-state index contributed by atoms with van der Waals surface area (Å²) in [5, 5.41) is 7.51. The highest BCUT2D eigenvalue weighted by Gasteiger charge is 2.20. The van der Waals surface area contributed by atoms with Crippen molar-refractivity contribution in [1.29, 1.82) is 0 Å². The first-order valence-corrected chi connectivity index (χ1v) is 8.59. The number of hydrogen-bond donors (Lipinski definition) is 1. The summed E-state index contributed by atoms with van der Waals surface area (Å²) in [6.45, 7) is 5.88. The summed E-state index contributed by atoms with van der Waals surface area (Å²) < 4.78 is 6.70. The van der Waals surface area contributed by atoms with Crippen LogP contribution >= 0.6 is 0 Å². The molecular weight excluding hydrogens is 332 g/mol. The molecule has 2 aromatic heterocycles. The van der Waals surface area contributed by atoms with Crippen LogP contribution < -0.4 is 10.9 Å². The van der Waals surface area contributed by atoms with Crippen LogP contribution in [-0.2, 0) is 13.5 Å². The maximum absolute atomic E-state index is 12.6. The van der Waals surface area contributed by atoms with Crippen molar-refractivity contribution in [2.24, 2.45) is 13.0 Å². The van der Waals surface area contributed by atoms with E-state index < -0.39 is 11.9 Å². The number of pyridine rings is 1. The minimum atomic E-state index is -0.493. The van der Waals surface area contributed by atoms with Crippen LogP contribution in [0.15, 0.2) is 39.6 Å². The predicted molar refractivity (Wildman–Crippen MR) is 97.9 cm³/mol. The molecule has 0 fully saturated rings. The molecule has 2 heterocycles. The number of nitrogens with one attached hydrogen (secondary N) is 1. The number of fused-ring (bicyclic) bond motifs is 1. The quantitative estimate of drug-likeness (QED) is 0.761. The fourth-order valence-electron chi connectivity index (χ4n) is 2.81. The number of rotatable bonds is 5. The number of nitrogens with zero attached hydrogens (tertiary/aromatic N) is 3. The highest BCUT2D eigenvalue weighted by molar-refractivity contribution is 5.97. The van der Waals surface area contributed by atoms with Gasteiger partial charge in [0.1, 0.15) is 11.6 Å². The molecule has 1 amide bonds. The van der Waals surface area contributed by atoms with Gasteiger partial charge in [0.05, 0.1) is 5.52 Å². The molecule has 0 unspecified atom stereocenters. The average Bonchev–Trinajstić information content (AvgIpc) is 3.06. The minimum Gasteiger partial charge on any atom is -0.340 e. The number of amides is 1. The molecule has 3 rings (SSSR count). The summed E-state index contributed by atoms with van der Waals surface area (Å²) in [6, 6.07) is 8.55. The molecule has 0 aliphatic heterocycles. The van der Waals surface area contributed by atoms with E-state index >= 15 is 0 Å². The Morgan fingerprint density at radius 1 is 1.27 bits per heavy atom. The summed E-state index contributed by atoms with van der Waals surface area (Å²) in [5.74, 6) is 0.878. The summed E-state index contributed by atoms with van der Waals surface area (Å²) in [5.41, 5.74) is 0.511. The van der Waals surface area contributed by atoms with Crippen molar-refractivity contribution < 1.29 is 9.32 Å². The van der Waals surface area contributed by atoms with Gasteiger partial charge in [0.25, 0.3) is 11.5 Å². The van der Waals surface area contributed by atoms with E-state index in [-0.39, 0.29) is 11.1 Å². The van der Waals surface area contributed by atoms with Crippen molar-refractivity contribution in [3.8, 4) is 0 Å². The lowest BCUT2D eigenvalue weighted by atomic mass is 10.1.